The van der Waals surface area contributed by atoms with Crippen molar-refractivity contribution >= 4 is 27.9 Å². The van der Waals surface area contributed by atoms with E-state index in [0.717, 1.165) is 18.2 Å². The molecule has 0 aromatic carbocycles. The van der Waals surface area contributed by atoms with Gasteiger partial charge in [0.05, 0.1) is 6.04 Å². The Balaban J connectivity index is 2.55. The summed E-state index contributed by atoms with van der Waals surface area (Å²) in [6, 6.07) is -0.128. The number of imide groups is 1. The summed E-state index contributed by atoms with van der Waals surface area (Å²) < 4.78 is 4.81. The first-order valence-electron chi connectivity index (χ1n) is 5.13. The van der Waals surface area contributed by atoms with E-state index in [0.29, 0.717) is 6.61 Å². The first kappa shape index (κ1) is 12.5. The van der Waals surface area contributed by atoms with Gasteiger partial charge in [-0.2, -0.15) is 0 Å². The Morgan fingerprint density at radius 3 is 2.87 bits per heavy atom. The van der Waals surface area contributed by atoms with Gasteiger partial charge in [0.25, 0.3) is 0 Å². The predicted molar refractivity (Wildman–Crippen MR) is 59.8 cm³/mol. The molecule has 1 saturated heterocycles. The molecule has 0 aromatic heterocycles. The lowest BCUT2D eigenvalue weighted by Gasteiger charge is -2.20. The van der Waals surface area contributed by atoms with Crippen molar-refractivity contribution in [3.63, 3.8) is 0 Å². The monoisotopic (exact) mass is 277 g/mol. The normalized spacial score (nSPS) is 22.7. The highest BCUT2D eigenvalue weighted by atomic mass is 79.9. The van der Waals surface area contributed by atoms with Crippen molar-refractivity contribution in [2.45, 2.75) is 32.7 Å². The van der Waals surface area contributed by atoms with Crippen LogP contribution in [-0.2, 0) is 9.53 Å². The van der Waals surface area contributed by atoms with Crippen LogP contribution in [0.4, 0.5) is 4.79 Å². The van der Waals surface area contributed by atoms with E-state index < -0.39 is 6.09 Å². The fraction of sp³-hybridized carbons (Fsp3) is 0.800. The largest absolute Gasteiger partial charge is 0.447 e. The molecule has 1 rings (SSSR count). The van der Waals surface area contributed by atoms with E-state index in [1.807, 2.05) is 13.8 Å². The molecule has 15 heavy (non-hydrogen) atoms. The van der Waals surface area contributed by atoms with Crippen molar-refractivity contribution in [2.24, 2.45) is 5.92 Å². The number of cyclic esters (lactones) is 1. The van der Waals surface area contributed by atoms with E-state index in [1.54, 1.807) is 0 Å². The first-order valence-corrected chi connectivity index (χ1v) is 6.26. The molecule has 0 radical (unpaired) electrons. The van der Waals surface area contributed by atoms with Crippen LogP contribution in [0.2, 0.25) is 0 Å². The van der Waals surface area contributed by atoms with Crippen molar-refractivity contribution in [2.75, 3.05) is 11.9 Å². The lowest BCUT2D eigenvalue weighted by Crippen LogP contribution is -2.40. The summed E-state index contributed by atoms with van der Waals surface area (Å²) in [5, 5.41) is 0.880. The Hall–Kier alpha value is -0.580. The number of nitrogens with zero attached hydrogens (tertiary/aromatic N) is 1. The summed E-state index contributed by atoms with van der Waals surface area (Å²) in [6.45, 7) is 3.99. The smallest absolute Gasteiger partial charge is 0.416 e. The highest BCUT2D eigenvalue weighted by molar-refractivity contribution is 9.09. The molecule has 0 aromatic rings. The lowest BCUT2D eigenvalue weighted by molar-refractivity contribution is -0.132. The Morgan fingerprint density at radius 2 is 2.40 bits per heavy atom. The van der Waals surface area contributed by atoms with Gasteiger partial charge in [-0.15, -0.1) is 0 Å². The van der Waals surface area contributed by atoms with Gasteiger partial charge in [-0.05, 0) is 19.8 Å². The number of hydrogen-bond acceptors (Lipinski definition) is 3. The SMILES string of the molecule is C[C@@H](CCCBr)C(=O)N1C(=O)OC[C@@H]1C. The maximum absolute atomic E-state index is 11.9. The molecule has 0 spiro atoms. The van der Waals surface area contributed by atoms with E-state index in [-0.39, 0.29) is 17.9 Å². The van der Waals surface area contributed by atoms with Gasteiger partial charge in [-0.3, -0.25) is 4.79 Å². The number of halogens is 1. The predicted octanol–water partition coefficient (Wildman–Crippen LogP) is 2.16. The average Bonchev–Trinajstić information content (AvgIpc) is 2.54. The van der Waals surface area contributed by atoms with Crippen LogP contribution in [0.3, 0.4) is 0 Å². The van der Waals surface area contributed by atoms with Crippen LogP contribution in [0.1, 0.15) is 26.7 Å². The second-order valence-electron chi connectivity index (χ2n) is 3.87. The number of alkyl halides is 1. The highest BCUT2D eigenvalue weighted by Crippen LogP contribution is 2.18. The van der Waals surface area contributed by atoms with E-state index in [4.69, 9.17) is 4.74 Å². The number of carbonyl (C=O) groups excluding carboxylic acids is 2. The lowest BCUT2D eigenvalue weighted by atomic mass is 10.0. The van der Waals surface area contributed by atoms with Gasteiger partial charge in [0.15, 0.2) is 0 Å². The third-order valence-electron chi connectivity index (χ3n) is 2.52. The fourth-order valence-corrected chi connectivity index (χ4v) is 1.89. The average molecular weight is 278 g/mol. The molecule has 1 heterocycles. The van der Waals surface area contributed by atoms with E-state index in [1.165, 1.54) is 4.90 Å². The van der Waals surface area contributed by atoms with Crippen LogP contribution >= 0.6 is 15.9 Å². The standard InChI is InChI=1S/C10H16BrNO3/c1-7(4-3-5-11)9(13)12-8(2)6-15-10(12)14/h7-8H,3-6H2,1-2H3/t7-,8-/m0/s1. The maximum atomic E-state index is 11.9. The third kappa shape index (κ3) is 2.93. The summed E-state index contributed by atoms with van der Waals surface area (Å²) in [5.41, 5.74) is 0. The molecule has 2 atom stereocenters. The van der Waals surface area contributed by atoms with Crippen LogP contribution in [0.5, 0.6) is 0 Å². The molecule has 4 nitrogen and oxygen atoms in total. The van der Waals surface area contributed by atoms with Gasteiger partial charge in [0.1, 0.15) is 6.61 Å². The summed E-state index contributed by atoms with van der Waals surface area (Å²) in [4.78, 5) is 24.4. The van der Waals surface area contributed by atoms with Crippen molar-refractivity contribution in [1.29, 1.82) is 0 Å². The Bertz CT molecular complexity index is 257. The number of rotatable bonds is 4. The number of hydrogen-bond donors (Lipinski definition) is 0. The molecule has 0 bridgehead atoms. The molecular weight excluding hydrogens is 262 g/mol. The first-order chi connectivity index (χ1) is 7.07. The fourth-order valence-electron chi connectivity index (χ4n) is 1.57. The van der Waals surface area contributed by atoms with Crippen molar-refractivity contribution < 1.29 is 14.3 Å². The molecular formula is C10H16BrNO3. The molecule has 0 saturated carbocycles. The molecule has 0 aliphatic carbocycles. The van der Waals surface area contributed by atoms with E-state index in [2.05, 4.69) is 15.9 Å². The van der Waals surface area contributed by atoms with Crippen LogP contribution < -0.4 is 0 Å². The zero-order valence-electron chi connectivity index (χ0n) is 9.03. The summed E-state index contributed by atoms with van der Waals surface area (Å²) in [5.74, 6) is -0.235. The van der Waals surface area contributed by atoms with E-state index in [9.17, 15) is 9.59 Å². The molecule has 86 valence electrons. The summed E-state index contributed by atoms with van der Waals surface area (Å²) >= 11 is 3.32. The van der Waals surface area contributed by atoms with Crippen LogP contribution in [-0.4, -0.2) is 34.9 Å². The zero-order chi connectivity index (χ0) is 11.4. The molecule has 1 fully saturated rings. The van der Waals surface area contributed by atoms with Crippen LogP contribution in [0.25, 0.3) is 0 Å². The van der Waals surface area contributed by atoms with Gasteiger partial charge >= 0.3 is 6.09 Å². The second-order valence-corrected chi connectivity index (χ2v) is 4.66. The molecule has 1 aliphatic heterocycles. The minimum atomic E-state index is -0.502. The topological polar surface area (TPSA) is 46.6 Å². The number of ether oxygens (including phenoxy) is 1. The van der Waals surface area contributed by atoms with Gasteiger partial charge < -0.3 is 4.74 Å². The molecule has 1 aliphatic rings. The summed E-state index contributed by atoms with van der Waals surface area (Å²) in [7, 11) is 0. The second kappa shape index (κ2) is 5.49. The Morgan fingerprint density at radius 1 is 1.73 bits per heavy atom. The minimum absolute atomic E-state index is 0.115. The van der Waals surface area contributed by atoms with Gasteiger partial charge in [0, 0.05) is 11.2 Å². The highest BCUT2D eigenvalue weighted by Gasteiger charge is 2.36. The zero-order valence-corrected chi connectivity index (χ0v) is 10.6. The van der Waals surface area contributed by atoms with Crippen LogP contribution in [0.15, 0.2) is 0 Å². The van der Waals surface area contributed by atoms with E-state index >= 15 is 0 Å². The molecule has 0 unspecified atom stereocenters. The third-order valence-corrected chi connectivity index (χ3v) is 3.08. The molecule has 0 N–H and O–H groups in total. The van der Waals surface area contributed by atoms with Crippen molar-refractivity contribution in [1.82, 2.24) is 4.90 Å². The Labute approximate surface area is 98.1 Å². The molecule has 5 heteroatoms. The van der Waals surface area contributed by atoms with Gasteiger partial charge in [0.2, 0.25) is 5.91 Å². The summed E-state index contributed by atoms with van der Waals surface area (Å²) in [6.07, 6.45) is 1.23. The number of carbonyl (C=O) groups is 2. The van der Waals surface area contributed by atoms with Crippen molar-refractivity contribution in [3.05, 3.63) is 0 Å². The van der Waals surface area contributed by atoms with Gasteiger partial charge in [-0.25, -0.2) is 9.69 Å². The van der Waals surface area contributed by atoms with Gasteiger partial charge in [-0.1, -0.05) is 22.9 Å². The van der Waals surface area contributed by atoms with Crippen LogP contribution in [0, 0.1) is 5.92 Å². The van der Waals surface area contributed by atoms with Crippen molar-refractivity contribution in [3.8, 4) is 0 Å². The Kier molecular flexibility index (Phi) is 4.57. The number of amides is 2. The minimum Gasteiger partial charge on any atom is -0.447 e. The quantitative estimate of drug-likeness (QED) is 0.740. The maximum Gasteiger partial charge on any atom is 0.416 e. The molecule has 2 amide bonds.